The third-order valence-electron chi connectivity index (χ3n) is 3.20. The van der Waals surface area contributed by atoms with Crippen LogP contribution in [0.3, 0.4) is 0 Å². The Morgan fingerprint density at radius 2 is 2.05 bits per heavy atom. The van der Waals surface area contributed by atoms with Gasteiger partial charge in [-0.1, -0.05) is 32.0 Å². The Kier molecular flexibility index (Phi) is 6.81. The molecule has 0 spiro atoms. The molecule has 4 nitrogen and oxygen atoms in total. The number of para-hydroxylation sites is 1. The first-order chi connectivity index (χ1) is 9.58. The summed E-state index contributed by atoms with van der Waals surface area (Å²) >= 11 is 0. The van der Waals surface area contributed by atoms with E-state index in [9.17, 15) is 4.79 Å². The molecule has 0 fully saturated rings. The number of nitrogens with zero attached hydrogens (tertiary/aromatic N) is 1. The Morgan fingerprint density at radius 1 is 1.35 bits per heavy atom. The Morgan fingerprint density at radius 3 is 2.65 bits per heavy atom. The first-order valence-electron chi connectivity index (χ1n) is 6.94. The standard InChI is InChI=1S/C16H23NO3/c1-4-17(5-2)11-12-20-16-13(3)7-6-8-14(16)9-10-15(18)19/h6-10H,4-5,11-12H2,1-3H3,(H,18,19)/b10-9+. The van der Waals surface area contributed by atoms with Crippen LogP contribution in [0.4, 0.5) is 0 Å². The first kappa shape index (κ1) is 16.2. The van der Waals surface area contributed by atoms with Crippen molar-refractivity contribution < 1.29 is 14.6 Å². The van der Waals surface area contributed by atoms with Crippen LogP contribution < -0.4 is 4.74 Å². The van der Waals surface area contributed by atoms with Gasteiger partial charge < -0.3 is 14.7 Å². The molecule has 20 heavy (non-hydrogen) atoms. The summed E-state index contributed by atoms with van der Waals surface area (Å²) in [7, 11) is 0. The molecule has 0 aliphatic heterocycles. The van der Waals surface area contributed by atoms with Crippen LogP contribution in [0.5, 0.6) is 5.75 Å². The summed E-state index contributed by atoms with van der Waals surface area (Å²) in [4.78, 5) is 12.9. The van der Waals surface area contributed by atoms with Crippen LogP contribution in [-0.4, -0.2) is 42.2 Å². The number of likely N-dealkylation sites (N-methyl/N-ethyl adjacent to an activating group) is 1. The summed E-state index contributed by atoms with van der Waals surface area (Å²) in [6, 6.07) is 5.72. The van der Waals surface area contributed by atoms with Gasteiger partial charge in [-0.05, 0) is 31.7 Å². The van der Waals surface area contributed by atoms with Crippen LogP contribution in [0.1, 0.15) is 25.0 Å². The number of hydrogen-bond donors (Lipinski definition) is 1. The predicted octanol–water partition coefficient (Wildman–Crippen LogP) is 2.81. The number of benzene rings is 1. The molecule has 1 aromatic carbocycles. The van der Waals surface area contributed by atoms with Crippen molar-refractivity contribution in [3.8, 4) is 5.75 Å². The van der Waals surface area contributed by atoms with Gasteiger partial charge in [0.25, 0.3) is 0 Å². The van der Waals surface area contributed by atoms with Crippen molar-refractivity contribution in [3.05, 3.63) is 35.4 Å². The Labute approximate surface area is 120 Å². The Hall–Kier alpha value is -1.81. The maximum Gasteiger partial charge on any atom is 0.328 e. The van der Waals surface area contributed by atoms with Gasteiger partial charge in [0.15, 0.2) is 0 Å². The lowest BCUT2D eigenvalue weighted by molar-refractivity contribution is -0.131. The fourth-order valence-corrected chi connectivity index (χ4v) is 1.98. The van der Waals surface area contributed by atoms with Gasteiger partial charge >= 0.3 is 5.97 Å². The Bertz CT molecular complexity index is 465. The van der Waals surface area contributed by atoms with Gasteiger partial charge in [0.05, 0.1) is 0 Å². The molecular weight excluding hydrogens is 254 g/mol. The predicted molar refractivity (Wildman–Crippen MR) is 81.1 cm³/mol. The van der Waals surface area contributed by atoms with Crippen LogP contribution in [0, 0.1) is 6.92 Å². The minimum absolute atomic E-state index is 0.598. The molecule has 0 bridgehead atoms. The highest BCUT2D eigenvalue weighted by Crippen LogP contribution is 2.24. The number of rotatable bonds is 8. The van der Waals surface area contributed by atoms with E-state index in [1.165, 1.54) is 0 Å². The molecule has 0 aromatic heterocycles. The zero-order valence-electron chi connectivity index (χ0n) is 12.4. The third kappa shape index (κ3) is 5.05. The van der Waals surface area contributed by atoms with E-state index in [0.717, 1.165) is 42.6 Å². The summed E-state index contributed by atoms with van der Waals surface area (Å²) in [6.45, 7) is 9.67. The number of carboxylic acids is 1. The molecular formula is C16H23NO3. The minimum atomic E-state index is -0.958. The number of carboxylic acid groups (broad SMARTS) is 1. The van der Waals surface area contributed by atoms with Gasteiger partial charge in [0.2, 0.25) is 0 Å². The van der Waals surface area contributed by atoms with Crippen molar-refractivity contribution in [1.29, 1.82) is 0 Å². The zero-order valence-corrected chi connectivity index (χ0v) is 12.4. The van der Waals surface area contributed by atoms with Gasteiger partial charge in [0, 0.05) is 18.2 Å². The average Bonchev–Trinajstić information content (AvgIpc) is 2.43. The quantitative estimate of drug-likeness (QED) is 0.742. The largest absolute Gasteiger partial charge is 0.491 e. The number of ether oxygens (including phenoxy) is 1. The van der Waals surface area contributed by atoms with Crippen molar-refractivity contribution in [2.75, 3.05) is 26.2 Å². The molecule has 0 aliphatic rings. The van der Waals surface area contributed by atoms with E-state index < -0.39 is 5.97 Å². The highest BCUT2D eigenvalue weighted by Gasteiger charge is 2.06. The smallest absolute Gasteiger partial charge is 0.328 e. The van der Waals surface area contributed by atoms with Crippen molar-refractivity contribution in [2.24, 2.45) is 0 Å². The van der Waals surface area contributed by atoms with Gasteiger partial charge in [-0.3, -0.25) is 0 Å². The van der Waals surface area contributed by atoms with E-state index in [1.807, 2.05) is 25.1 Å². The highest BCUT2D eigenvalue weighted by molar-refractivity contribution is 5.86. The molecule has 0 saturated carbocycles. The summed E-state index contributed by atoms with van der Waals surface area (Å²) in [5.74, 6) is -0.197. The summed E-state index contributed by atoms with van der Waals surface area (Å²) < 4.78 is 5.85. The maximum absolute atomic E-state index is 10.6. The lowest BCUT2D eigenvalue weighted by Gasteiger charge is -2.19. The second-order valence-corrected chi connectivity index (χ2v) is 4.54. The molecule has 1 rings (SSSR count). The van der Waals surface area contributed by atoms with Crippen LogP contribution in [0.25, 0.3) is 6.08 Å². The SMILES string of the molecule is CCN(CC)CCOc1c(C)cccc1/C=C/C(=O)O. The summed E-state index contributed by atoms with van der Waals surface area (Å²) in [5, 5.41) is 8.71. The van der Waals surface area contributed by atoms with E-state index in [2.05, 4.69) is 18.7 Å². The van der Waals surface area contributed by atoms with E-state index in [0.29, 0.717) is 6.61 Å². The molecule has 4 heteroatoms. The Balaban J connectivity index is 2.75. The van der Waals surface area contributed by atoms with Gasteiger partial charge in [0.1, 0.15) is 12.4 Å². The molecule has 0 atom stereocenters. The first-order valence-corrected chi connectivity index (χ1v) is 6.94. The molecule has 0 saturated heterocycles. The number of hydrogen-bond acceptors (Lipinski definition) is 3. The van der Waals surface area contributed by atoms with Crippen LogP contribution in [-0.2, 0) is 4.79 Å². The molecule has 0 radical (unpaired) electrons. The van der Waals surface area contributed by atoms with E-state index in [1.54, 1.807) is 6.08 Å². The zero-order chi connectivity index (χ0) is 15.0. The highest BCUT2D eigenvalue weighted by atomic mass is 16.5. The number of carbonyl (C=O) groups is 1. The van der Waals surface area contributed by atoms with E-state index >= 15 is 0 Å². The summed E-state index contributed by atoms with van der Waals surface area (Å²) in [5.41, 5.74) is 1.81. The molecule has 0 heterocycles. The fourth-order valence-electron chi connectivity index (χ4n) is 1.98. The second-order valence-electron chi connectivity index (χ2n) is 4.54. The molecule has 0 aliphatic carbocycles. The van der Waals surface area contributed by atoms with Crippen molar-refractivity contribution in [3.63, 3.8) is 0 Å². The van der Waals surface area contributed by atoms with Crippen LogP contribution in [0.2, 0.25) is 0 Å². The summed E-state index contributed by atoms with van der Waals surface area (Å²) in [6.07, 6.45) is 2.70. The molecule has 0 amide bonds. The van der Waals surface area contributed by atoms with E-state index in [4.69, 9.17) is 9.84 Å². The van der Waals surface area contributed by atoms with E-state index in [-0.39, 0.29) is 0 Å². The molecule has 110 valence electrons. The fraction of sp³-hybridized carbons (Fsp3) is 0.438. The molecule has 1 aromatic rings. The number of aryl methyl sites for hydroxylation is 1. The van der Waals surface area contributed by atoms with Gasteiger partial charge in [-0.25, -0.2) is 4.79 Å². The monoisotopic (exact) mass is 277 g/mol. The number of aliphatic carboxylic acids is 1. The second kappa shape index (κ2) is 8.38. The lowest BCUT2D eigenvalue weighted by Crippen LogP contribution is -2.28. The maximum atomic E-state index is 10.6. The van der Waals surface area contributed by atoms with Gasteiger partial charge in [-0.15, -0.1) is 0 Å². The topological polar surface area (TPSA) is 49.8 Å². The lowest BCUT2D eigenvalue weighted by atomic mass is 10.1. The van der Waals surface area contributed by atoms with Gasteiger partial charge in [-0.2, -0.15) is 0 Å². The normalized spacial score (nSPS) is 11.2. The van der Waals surface area contributed by atoms with Crippen LogP contribution >= 0.6 is 0 Å². The van der Waals surface area contributed by atoms with Crippen LogP contribution in [0.15, 0.2) is 24.3 Å². The van der Waals surface area contributed by atoms with Crippen molar-refractivity contribution >= 4 is 12.0 Å². The van der Waals surface area contributed by atoms with Crippen molar-refractivity contribution in [2.45, 2.75) is 20.8 Å². The average molecular weight is 277 g/mol. The molecule has 1 N–H and O–H groups in total. The molecule has 0 unspecified atom stereocenters. The van der Waals surface area contributed by atoms with Crippen molar-refractivity contribution in [1.82, 2.24) is 4.90 Å². The minimum Gasteiger partial charge on any atom is -0.491 e. The third-order valence-corrected chi connectivity index (χ3v) is 3.20.